The van der Waals surface area contributed by atoms with Gasteiger partial charge < -0.3 is 4.74 Å². The van der Waals surface area contributed by atoms with Gasteiger partial charge in [0, 0.05) is 6.08 Å². The van der Waals surface area contributed by atoms with Crippen molar-refractivity contribution in [2.45, 2.75) is 13.5 Å². The number of rotatable bonds is 5. The van der Waals surface area contributed by atoms with Gasteiger partial charge in [-0.3, -0.25) is 10.1 Å². The van der Waals surface area contributed by atoms with Crippen molar-refractivity contribution in [2.24, 2.45) is 0 Å². The quantitative estimate of drug-likeness (QED) is 0.661. The molecule has 0 aliphatic carbocycles. The van der Waals surface area contributed by atoms with Gasteiger partial charge >= 0.3 is 6.61 Å². The lowest BCUT2D eigenvalue weighted by Crippen LogP contribution is -2.07. The third-order valence-corrected chi connectivity index (χ3v) is 4.32. The number of thiazole rings is 1. The van der Waals surface area contributed by atoms with Crippen molar-refractivity contribution in [2.75, 3.05) is 5.32 Å². The van der Waals surface area contributed by atoms with Gasteiger partial charge in [0.05, 0.1) is 10.2 Å². The number of alkyl halides is 2. The molecule has 0 spiro atoms. The Morgan fingerprint density at radius 3 is 2.68 bits per heavy atom. The number of amides is 1. The van der Waals surface area contributed by atoms with Gasteiger partial charge in [0.2, 0.25) is 5.91 Å². The zero-order chi connectivity index (χ0) is 17.8. The van der Waals surface area contributed by atoms with Crippen LogP contribution in [0.25, 0.3) is 16.3 Å². The number of nitrogens with zero attached hydrogens (tertiary/aromatic N) is 1. The molecule has 7 heteroatoms. The van der Waals surface area contributed by atoms with Gasteiger partial charge in [-0.2, -0.15) is 8.78 Å². The van der Waals surface area contributed by atoms with Crippen molar-refractivity contribution in [3.63, 3.8) is 0 Å². The van der Waals surface area contributed by atoms with E-state index in [1.807, 2.05) is 25.1 Å². The Labute approximate surface area is 146 Å². The van der Waals surface area contributed by atoms with Crippen LogP contribution in [0.1, 0.15) is 11.1 Å². The summed E-state index contributed by atoms with van der Waals surface area (Å²) in [6.07, 6.45) is 2.95. The number of aromatic nitrogens is 1. The van der Waals surface area contributed by atoms with E-state index in [0.717, 1.165) is 15.8 Å². The Kier molecular flexibility index (Phi) is 5.04. The maximum atomic E-state index is 12.1. The van der Waals surface area contributed by atoms with Crippen molar-refractivity contribution >= 4 is 38.7 Å². The summed E-state index contributed by atoms with van der Waals surface area (Å²) in [5.74, 6) is -0.244. The SMILES string of the molecule is Cc1cccc2sc(NC(=O)/C=C/c3ccc(OC(F)F)cc3)nc12. The number of benzene rings is 2. The number of carbonyl (C=O) groups is 1. The van der Waals surface area contributed by atoms with Crippen LogP contribution in [-0.2, 0) is 4.79 Å². The van der Waals surface area contributed by atoms with E-state index in [-0.39, 0.29) is 11.7 Å². The molecule has 0 radical (unpaired) electrons. The summed E-state index contributed by atoms with van der Waals surface area (Å²) in [5, 5.41) is 3.25. The van der Waals surface area contributed by atoms with E-state index in [0.29, 0.717) is 10.7 Å². The molecule has 1 heterocycles. The number of hydrogen-bond acceptors (Lipinski definition) is 4. The molecule has 0 unspecified atom stereocenters. The number of fused-ring (bicyclic) bond motifs is 1. The second kappa shape index (κ2) is 7.40. The molecule has 3 rings (SSSR count). The number of para-hydroxylation sites is 1. The fourth-order valence-corrected chi connectivity index (χ4v) is 3.17. The number of aryl methyl sites for hydroxylation is 1. The highest BCUT2D eigenvalue weighted by Gasteiger charge is 2.07. The molecule has 0 aliphatic rings. The summed E-state index contributed by atoms with van der Waals surface area (Å²) in [6, 6.07) is 11.9. The molecular formula is C18H14F2N2O2S. The number of halogens is 2. The van der Waals surface area contributed by atoms with Crippen LogP contribution in [0.4, 0.5) is 13.9 Å². The van der Waals surface area contributed by atoms with E-state index in [4.69, 9.17) is 0 Å². The van der Waals surface area contributed by atoms with Crippen molar-refractivity contribution in [1.29, 1.82) is 0 Å². The molecule has 0 atom stereocenters. The molecule has 0 bridgehead atoms. The van der Waals surface area contributed by atoms with Crippen LogP contribution in [0.5, 0.6) is 5.75 Å². The topological polar surface area (TPSA) is 51.2 Å². The third kappa shape index (κ3) is 4.39. The molecule has 0 aliphatic heterocycles. The summed E-state index contributed by atoms with van der Waals surface area (Å²) in [4.78, 5) is 16.4. The first-order chi connectivity index (χ1) is 12.0. The highest BCUT2D eigenvalue weighted by Crippen LogP contribution is 2.27. The molecule has 2 aromatic carbocycles. The zero-order valence-electron chi connectivity index (χ0n) is 13.2. The minimum absolute atomic E-state index is 0.0708. The van der Waals surface area contributed by atoms with Gasteiger partial charge in [-0.15, -0.1) is 0 Å². The monoisotopic (exact) mass is 360 g/mol. The van der Waals surface area contributed by atoms with E-state index in [1.165, 1.54) is 29.5 Å². The third-order valence-electron chi connectivity index (χ3n) is 3.38. The van der Waals surface area contributed by atoms with Crippen LogP contribution >= 0.6 is 11.3 Å². The molecule has 25 heavy (non-hydrogen) atoms. The van der Waals surface area contributed by atoms with Gasteiger partial charge in [0.25, 0.3) is 0 Å². The number of carbonyl (C=O) groups excluding carboxylic acids is 1. The summed E-state index contributed by atoms with van der Waals surface area (Å²) < 4.78 is 29.5. The minimum atomic E-state index is -2.86. The molecule has 128 valence electrons. The first-order valence-electron chi connectivity index (χ1n) is 7.41. The van der Waals surface area contributed by atoms with Gasteiger partial charge in [0.15, 0.2) is 5.13 Å². The predicted molar refractivity (Wildman–Crippen MR) is 95.1 cm³/mol. The van der Waals surface area contributed by atoms with Crippen LogP contribution in [0.15, 0.2) is 48.5 Å². The number of ether oxygens (including phenoxy) is 1. The fraction of sp³-hybridized carbons (Fsp3) is 0.111. The highest BCUT2D eigenvalue weighted by molar-refractivity contribution is 7.22. The summed E-state index contributed by atoms with van der Waals surface area (Å²) in [6.45, 7) is -0.890. The first kappa shape index (κ1) is 17.0. The van der Waals surface area contributed by atoms with Gasteiger partial charge in [-0.05, 0) is 42.3 Å². The molecule has 0 saturated carbocycles. The number of anilines is 1. The smallest absolute Gasteiger partial charge is 0.387 e. The molecule has 1 amide bonds. The van der Waals surface area contributed by atoms with E-state index < -0.39 is 6.61 Å². The zero-order valence-corrected chi connectivity index (χ0v) is 14.0. The second-order valence-electron chi connectivity index (χ2n) is 5.21. The van der Waals surface area contributed by atoms with Crippen LogP contribution < -0.4 is 10.1 Å². The minimum Gasteiger partial charge on any atom is -0.435 e. The molecule has 0 saturated heterocycles. The molecule has 0 fully saturated rings. The van der Waals surface area contributed by atoms with E-state index >= 15 is 0 Å². The number of nitrogens with one attached hydrogen (secondary N) is 1. The van der Waals surface area contributed by atoms with Crippen molar-refractivity contribution in [3.8, 4) is 5.75 Å². The second-order valence-corrected chi connectivity index (χ2v) is 6.24. The van der Waals surface area contributed by atoms with Gasteiger partial charge in [0.1, 0.15) is 5.75 Å². The maximum Gasteiger partial charge on any atom is 0.387 e. The van der Waals surface area contributed by atoms with Crippen molar-refractivity contribution in [3.05, 3.63) is 59.7 Å². The van der Waals surface area contributed by atoms with Crippen LogP contribution in [0.3, 0.4) is 0 Å². The van der Waals surface area contributed by atoms with E-state index in [2.05, 4.69) is 15.0 Å². The van der Waals surface area contributed by atoms with Gasteiger partial charge in [-0.25, -0.2) is 4.98 Å². The molecule has 1 N–H and O–H groups in total. The lowest BCUT2D eigenvalue weighted by Gasteiger charge is -2.03. The Hall–Kier alpha value is -2.80. The van der Waals surface area contributed by atoms with Crippen LogP contribution in [0, 0.1) is 6.92 Å². The van der Waals surface area contributed by atoms with Crippen LogP contribution in [0.2, 0.25) is 0 Å². The molecular weight excluding hydrogens is 346 g/mol. The summed E-state index contributed by atoms with van der Waals surface area (Å²) >= 11 is 1.40. The molecule has 1 aromatic heterocycles. The first-order valence-corrected chi connectivity index (χ1v) is 8.23. The van der Waals surface area contributed by atoms with E-state index in [9.17, 15) is 13.6 Å². The lowest BCUT2D eigenvalue weighted by molar-refractivity contribution is -0.111. The largest absolute Gasteiger partial charge is 0.435 e. The average molecular weight is 360 g/mol. The highest BCUT2D eigenvalue weighted by atomic mass is 32.1. The predicted octanol–water partition coefficient (Wildman–Crippen LogP) is 4.86. The molecule has 3 aromatic rings. The Bertz CT molecular complexity index is 920. The normalized spacial score (nSPS) is 11.4. The summed E-state index contributed by atoms with van der Waals surface area (Å²) in [5.41, 5.74) is 2.62. The average Bonchev–Trinajstić information content (AvgIpc) is 2.97. The van der Waals surface area contributed by atoms with Gasteiger partial charge in [-0.1, -0.05) is 35.6 Å². The van der Waals surface area contributed by atoms with Crippen molar-refractivity contribution < 1.29 is 18.3 Å². The Morgan fingerprint density at radius 1 is 1.24 bits per heavy atom. The lowest BCUT2D eigenvalue weighted by atomic mass is 10.2. The summed E-state index contributed by atoms with van der Waals surface area (Å²) in [7, 11) is 0. The molecule has 4 nitrogen and oxygen atoms in total. The number of hydrogen-bond donors (Lipinski definition) is 1. The Morgan fingerprint density at radius 2 is 2.00 bits per heavy atom. The Balaban J connectivity index is 1.65. The fourth-order valence-electron chi connectivity index (χ4n) is 2.22. The maximum absolute atomic E-state index is 12.1. The van der Waals surface area contributed by atoms with E-state index in [1.54, 1.807) is 18.2 Å². The van der Waals surface area contributed by atoms with Crippen LogP contribution in [-0.4, -0.2) is 17.5 Å². The van der Waals surface area contributed by atoms with Crippen molar-refractivity contribution in [1.82, 2.24) is 4.98 Å². The standard InChI is InChI=1S/C18H14F2N2O2S/c1-11-3-2-4-14-16(11)22-18(25-14)21-15(23)10-7-12-5-8-13(9-6-12)24-17(19)20/h2-10,17H,1H3,(H,21,22,23)/b10-7+.